The largest absolute Gasteiger partial charge is 0.480 e. The molecule has 0 amide bonds. The molecule has 2 aromatic carbocycles. The molecule has 6 nitrogen and oxygen atoms in total. The molecule has 0 saturated heterocycles. The van der Waals surface area contributed by atoms with E-state index < -0.39 is 22.0 Å². The van der Waals surface area contributed by atoms with Gasteiger partial charge in [0.2, 0.25) is 10.0 Å². The Morgan fingerprint density at radius 3 is 1.92 bits per heavy atom. The molecule has 0 saturated carbocycles. The molecular formula is C18H22N2O4S. The van der Waals surface area contributed by atoms with E-state index in [1.54, 1.807) is 26.0 Å². The van der Waals surface area contributed by atoms with Crippen LogP contribution in [0.25, 0.3) is 11.1 Å². The van der Waals surface area contributed by atoms with E-state index in [0.29, 0.717) is 6.54 Å². The number of benzene rings is 2. The van der Waals surface area contributed by atoms with Crippen LogP contribution in [0.4, 0.5) is 0 Å². The van der Waals surface area contributed by atoms with E-state index in [0.717, 1.165) is 16.7 Å². The fourth-order valence-electron chi connectivity index (χ4n) is 2.37. The van der Waals surface area contributed by atoms with Crippen molar-refractivity contribution >= 4 is 16.0 Å². The Morgan fingerprint density at radius 1 is 1.04 bits per heavy atom. The van der Waals surface area contributed by atoms with E-state index in [1.165, 1.54) is 12.1 Å². The van der Waals surface area contributed by atoms with Gasteiger partial charge in [0.25, 0.3) is 0 Å². The minimum absolute atomic E-state index is 0.0294. The first kappa shape index (κ1) is 19.1. The summed E-state index contributed by atoms with van der Waals surface area (Å²) in [6.45, 7) is 3.76. The Kier molecular flexibility index (Phi) is 5.94. The fraction of sp³-hybridized carbons (Fsp3) is 0.278. The summed E-state index contributed by atoms with van der Waals surface area (Å²) in [6.07, 6.45) is 0. The maximum atomic E-state index is 12.4. The molecule has 25 heavy (non-hydrogen) atoms. The third-order valence-corrected chi connectivity index (χ3v) is 5.36. The molecule has 4 N–H and O–H groups in total. The first-order chi connectivity index (χ1) is 11.7. The molecule has 0 aromatic heterocycles. The van der Waals surface area contributed by atoms with Gasteiger partial charge >= 0.3 is 5.97 Å². The van der Waals surface area contributed by atoms with E-state index >= 15 is 0 Å². The zero-order valence-electron chi connectivity index (χ0n) is 14.1. The van der Waals surface area contributed by atoms with E-state index in [9.17, 15) is 13.2 Å². The summed E-state index contributed by atoms with van der Waals surface area (Å²) in [6, 6.07) is 12.8. The molecule has 0 spiro atoms. The van der Waals surface area contributed by atoms with Crippen LogP contribution in [0, 0.1) is 5.92 Å². The number of hydrogen-bond acceptors (Lipinski definition) is 4. The maximum Gasteiger partial charge on any atom is 0.322 e. The minimum atomic E-state index is -3.91. The van der Waals surface area contributed by atoms with Crippen LogP contribution in [0.5, 0.6) is 0 Å². The van der Waals surface area contributed by atoms with Gasteiger partial charge < -0.3 is 10.8 Å². The SMILES string of the molecule is CC(C)[C@@H](NS(=O)(=O)c1ccc(-c2ccc(CN)cc2)cc1)C(=O)O. The highest BCUT2D eigenvalue weighted by molar-refractivity contribution is 7.89. The molecule has 7 heteroatoms. The van der Waals surface area contributed by atoms with Crippen LogP contribution < -0.4 is 10.5 Å². The second kappa shape index (κ2) is 7.77. The van der Waals surface area contributed by atoms with Crippen LogP contribution in [-0.2, 0) is 21.4 Å². The van der Waals surface area contributed by atoms with Crippen molar-refractivity contribution in [1.82, 2.24) is 4.72 Å². The summed E-state index contributed by atoms with van der Waals surface area (Å²) in [5.74, 6) is -1.57. The van der Waals surface area contributed by atoms with Gasteiger partial charge in [0.1, 0.15) is 6.04 Å². The summed E-state index contributed by atoms with van der Waals surface area (Å²) in [7, 11) is -3.91. The van der Waals surface area contributed by atoms with Gasteiger partial charge in [-0.05, 0) is 34.7 Å². The Labute approximate surface area is 147 Å². The number of nitrogens with two attached hydrogens (primary N) is 1. The van der Waals surface area contributed by atoms with Gasteiger partial charge in [-0.1, -0.05) is 50.2 Å². The lowest BCUT2D eigenvalue weighted by Gasteiger charge is -2.18. The molecule has 134 valence electrons. The monoisotopic (exact) mass is 362 g/mol. The molecule has 0 bridgehead atoms. The Morgan fingerprint density at radius 2 is 1.52 bits per heavy atom. The summed E-state index contributed by atoms with van der Waals surface area (Å²) < 4.78 is 27.0. The highest BCUT2D eigenvalue weighted by Gasteiger charge is 2.27. The standard InChI is InChI=1S/C18H22N2O4S/c1-12(2)17(18(21)22)20-25(23,24)16-9-7-15(8-10-16)14-5-3-13(11-19)4-6-14/h3-10,12,17,20H,11,19H2,1-2H3,(H,21,22)/t17-/m1/s1. The fourth-order valence-corrected chi connectivity index (χ4v) is 3.70. The van der Waals surface area contributed by atoms with Crippen LogP contribution in [0.1, 0.15) is 19.4 Å². The predicted octanol–water partition coefficient (Wildman–Crippen LogP) is 2.20. The Bertz CT molecular complexity index is 828. The zero-order chi connectivity index (χ0) is 18.6. The third-order valence-electron chi connectivity index (χ3n) is 3.90. The average Bonchev–Trinajstić information content (AvgIpc) is 2.59. The normalized spacial score (nSPS) is 13.0. The average molecular weight is 362 g/mol. The minimum Gasteiger partial charge on any atom is -0.480 e. The molecule has 2 aromatic rings. The molecule has 0 aliphatic carbocycles. The topological polar surface area (TPSA) is 109 Å². The summed E-state index contributed by atoms with van der Waals surface area (Å²) >= 11 is 0. The molecule has 0 fully saturated rings. The maximum absolute atomic E-state index is 12.4. The number of nitrogens with one attached hydrogen (secondary N) is 1. The lowest BCUT2D eigenvalue weighted by molar-refractivity contribution is -0.140. The third kappa shape index (κ3) is 4.66. The quantitative estimate of drug-likeness (QED) is 0.699. The number of hydrogen-bond donors (Lipinski definition) is 3. The first-order valence-electron chi connectivity index (χ1n) is 7.89. The molecule has 1 atom stereocenters. The van der Waals surface area contributed by atoms with Crippen molar-refractivity contribution in [3.8, 4) is 11.1 Å². The van der Waals surface area contributed by atoms with Gasteiger partial charge in [0.15, 0.2) is 0 Å². The van der Waals surface area contributed by atoms with Crippen LogP contribution in [0.2, 0.25) is 0 Å². The van der Waals surface area contributed by atoms with Crippen LogP contribution >= 0.6 is 0 Å². The molecule has 0 aliphatic heterocycles. The van der Waals surface area contributed by atoms with Crippen molar-refractivity contribution in [2.45, 2.75) is 31.3 Å². The summed E-state index contributed by atoms with van der Waals surface area (Å²) in [4.78, 5) is 11.2. The molecule has 0 unspecified atom stereocenters. The second-order valence-corrected chi connectivity index (χ2v) is 7.82. The molecule has 0 radical (unpaired) electrons. The van der Waals surface area contributed by atoms with E-state index in [1.807, 2.05) is 24.3 Å². The highest BCUT2D eigenvalue weighted by Crippen LogP contribution is 2.22. The Balaban J connectivity index is 2.24. The lowest BCUT2D eigenvalue weighted by atomic mass is 10.0. The van der Waals surface area contributed by atoms with Crippen LogP contribution in [0.3, 0.4) is 0 Å². The van der Waals surface area contributed by atoms with Crippen molar-refractivity contribution in [2.24, 2.45) is 11.7 Å². The number of carbonyl (C=O) groups is 1. The van der Waals surface area contributed by atoms with Crippen molar-refractivity contribution < 1.29 is 18.3 Å². The van der Waals surface area contributed by atoms with Crippen molar-refractivity contribution in [2.75, 3.05) is 0 Å². The smallest absolute Gasteiger partial charge is 0.322 e. The van der Waals surface area contributed by atoms with E-state index in [2.05, 4.69) is 4.72 Å². The second-order valence-electron chi connectivity index (χ2n) is 6.11. The van der Waals surface area contributed by atoms with Gasteiger partial charge in [-0.3, -0.25) is 4.79 Å². The number of aliphatic carboxylic acids is 1. The number of rotatable bonds is 7. The zero-order valence-corrected chi connectivity index (χ0v) is 15.0. The van der Waals surface area contributed by atoms with Gasteiger partial charge in [-0.25, -0.2) is 8.42 Å². The van der Waals surface area contributed by atoms with Crippen molar-refractivity contribution in [3.05, 3.63) is 54.1 Å². The van der Waals surface area contributed by atoms with Gasteiger partial charge in [0, 0.05) is 6.54 Å². The van der Waals surface area contributed by atoms with Gasteiger partial charge in [-0.15, -0.1) is 0 Å². The van der Waals surface area contributed by atoms with Crippen LogP contribution in [0.15, 0.2) is 53.4 Å². The number of carboxylic acid groups (broad SMARTS) is 1. The summed E-state index contributed by atoms with van der Waals surface area (Å²) in [5, 5.41) is 9.15. The molecular weight excluding hydrogens is 340 g/mol. The molecule has 2 rings (SSSR count). The summed E-state index contributed by atoms with van der Waals surface area (Å²) in [5.41, 5.74) is 8.39. The van der Waals surface area contributed by atoms with Gasteiger partial charge in [0.05, 0.1) is 4.90 Å². The van der Waals surface area contributed by atoms with Gasteiger partial charge in [-0.2, -0.15) is 4.72 Å². The predicted molar refractivity (Wildman–Crippen MR) is 96.4 cm³/mol. The van der Waals surface area contributed by atoms with E-state index in [-0.39, 0.29) is 10.8 Å². The lowest BCUT2D eigenvalue weighted by Crippen LogP contribution is -2.44. The Hall–Kier alpha value is -2.22. The van der Waals surface area contributed by atoms with Crippen molar-refractivity contribution in [1.29, 1.82) is 0 Å². The molecule has 0 aliphatic rings. The number of sulfonamides is 1. The highest BCUT2D eigenvalue weighted by atomic mass is 32.2. The number of carboxylic acids is 1. The first-order valence-corrected chi connectivity index (χ1v) is 9.37. The van der Waals surface area contributed by atoms with Crippen LogP contribution in [-0.4, -0.2) is 25.5 Å². The molecule has 0 heterocycles. The van der Waals surface area contributed by atoms with Crippen molar-refractivity contribution in [3.63, 3.8) is 0 Å². The van der Waals surface area contributed by atoms with E-state index in [4.69, 9.17) is 10.8 Å².